The minimum atomic E-state index is -0.318. The quantitative estimate of drug-likeness (QED) is 0.591. The summed E-state index contributed by atoms with van der Waals surface area (Å²) in [6, 6.07) is 9.38. The molecule has 4 heteroatoms. The molecular formula is C13H9NO2S. The first-order valence-corrected chi connectivity index (χ1v) is 5.78. The molecule has 1 aliphatic rings. The molecule has 1 saturated heterocycles. The number of hydrogen-bond acceptors (Lipinski definition) is 3. The molecule has 0 saturated carbocycles. The highest BCUT2D eigenvalue weighted by Gasteiger charge is 2.34. The lowest BCUT2D eigenvalue weighted by Gasteiger charge is -2.06. The van der Waals surface area contributed by atoms with Gasteiger partial charge >= 0.3 is 0 Å². The Hall–Kier alpha value is -1.99. The van der Waals surface area contributed by atoms with Gasteiger partial charge in [-0.05, 0) is 23.4 Å². The largest absolute Gasteiger partial charge is 0.294 e. The number of nitrogens with zero attached hydrogens (tertiary/aromatic N) is 1. The number of thioether (sulfide) groups is 1. The molecule has 1 heterocycles. The fourth-order valence-electron chi connectivity index (χ4n) is 1.43. The second-order valence-corrected chi connectivity index (χ2v) is 4.38. The highest BCUT2D eigenvalue weighted by Crippen LogP contribution is 2.31. The van der Waals surface area contributed by atoms with Gasteiger partial charge in [0, 0.05) is 0 Å². The number of benzene rings is 1. The first-order valence-electron chi connectivity index (χ1n) is 4.96. The van der Waals surface area contributed by atoms with E-state index < -0.39 is 0 Å². The van der Waals surface area contributed by atoms with Gasteiger partial charge in [-0.3, -0.25) is 14.5 Å². The van der Waals surface area contributed by atoms with E-state index >= 15 is 0 Å². The van der Waals surface area contributed by atoms with Gasteiger partial charge in [0.15, 0.2) is 0 Å². The minimum absolute atomic E-state index is 0.0246. The molecule has 1 fully saturated rings. The molecule has 1 aromatic carbocycles. The number of imide groups is 1. The van der Waals surface area contributed by atoms with Gasteiger partial charge in [0.1, 0.15) is 0 Å². The van der Waals surface area contributed by atoms with Crippen molar-refractivity contribution in [3.05, 3.63) is 40.8 Å². The number of rotatable bonds is 2. The van der Waals surface area contributed by atoms with E-state index in [4.69, 9.17) is 6.42 Å². The van der Waals surface area contributed by atoms with Crippen LogP contribution in [0.3, 0.4) is 0 Å². The molecule has 2 amide bonds. The average molecular weight is 243 g/mol. The highest BCUT2D eigenvalue weighted by molar-refractivity contribution is 8.18. The monoisotopic (exact) mass is 243 g/mol. The van der Waals surface area contributed by atoms with E-state index in [-0.39, 0.29) is 17.7 Å². The van der Waals surface area contributed by atoms with Crippen LogP contribution in [0, 0.1) is 12.3 Å². The Kier molecular flexibility index (Phi) is 3.31. The van der Waals surface area contributed by atoms with Gasteiger partial charge in [-0.1, -0.05) is 36.3 Å². The molecule has 1 aliphatic heterocycles. The van der Waals surface area contributed by atoms with Crippen LogP contribution in [0.25, 0.3) is 6.08 Å². The van der Waals surface area contributed by atoms with Crippen molar-refractivity contribution < 1.29 is 9.59 Å². The lowest BCUT2D eigenvalue weighted by atomic mass is 10.2. The first-order chi connectivity index (χ1) is 8.22. The number of carbonyl (C=O) groups is 2. The molecule has 3 nitrogen and oxygen atoms in total. The molecule has 0 radical (unpaired) electrons. The summed E-state index contributed by atoms with van der Waals surface area (Å²) < 4.78 is 0. The molecule has 0 unspecified atom stereocenters. The molecule has 0 aliphatic carbocycles. The Morgan fingerprint density at radius 3 is 2.65 bits per heavy atom. The van der Waals surface area contributed by atoms with Crippen molar-refractivity contribution >= 4 is 29.0 Å². The third-order valence-electron chi connectivity index (χ3n) is 2.22. The van der Waals surface area contributed by atoms with Crippen LogP contribution >= 0.6 is 11.8 Å². The van der Waals surface area contributed by atoms with Crippen LogP contribution < -0.4 is 0 Å². The van der Waals surface area contributed by atoms with Crippen molar-refractivity contribution in [1.82, 2.24) is 4.90 Å². The van der Waals surface area contributed by atoms with Crippen molar-refractivity contribution in [3.63, 3.8) is 0 Å². The molecule has 0 aromatic heterocycles. The summed E-state index contributed by atoms with van der Waals surface area (Å²) in [7, 11) is 0. The summed E-state index contributed by atoms with van der Waals surface area (Å²) in [6.07, 6.45) is 6.80. The average Bonchev–Trinajstić information content (AvgIpc) is 2.59. The third kappa shape index (κ3) is 2.40. The van der Waals surface area contributed by atoms with Gasteiger partial charge < -0.3 is 0 Å². The Labute approximate surface area is 103 Å². The molecule has 0 atom stereocenters. The molecule has 0 N–H and O–H groups in total. The number of carbonyl (C=O) groups excluding carboxylic acids is 2. The van der Waals surface area contributed by atoms with E-state index in [9.17, 15) is 9.59 Å². The third-order valence-corrected chi connectivity index (χ3v) is 3.13. The van der Waals surface area contributed by atoms with E-state index in [1.807, 2.05) is 30.3 Å². The van der Waals surface area contributed by atoms with Crippen molar-refractivity contribution in [3.8, 4) is 12.3 Å². The summed E-state index contributed by atoms with van der Waals surface area (Å²) in [4.78, 5) is 24.8. The number of hydrogen-bond donors (Lipinski definition) is 0. The van der Waals surface area contributed by atoms with E-state index in [0.29, 0.717) is 4.91 Å². The van der Waals surface area contributed by atoms with Crippen molar-refractivity contribution in [1.29, 1.82) is 0 Å². The topological polar surface area (TPSA) is 37.4 Å². The van der Waals surface area contributed by atoms with Gasteiger partial charge in [-0.15, -0.1) is 6.42 Å². The van der Waals surface area contributed by atoms with Gasteiger partial charge in [0.05, 0.1) is 11.4 Å². The van der Waals surface area contributed by atoms with E-state index in [1.165, 1.54) is 0 Å². The maximum atomic E-state index is 11.8. The van der Waals surface area contributed by atoms with Gasteiger partial charge in [-0.25, -0.2) is 0 Å². The summed E-state index contributed by atoms with van der Waals surface area (Å²) in [5, 5.41) is -0.310. The van der Waals surface area contributed by atoms with Gasteiger partial charge in [-0.2, -0.15) is 0 Å². The smallest absolute Gasteiger partial charge is 0.268 e. The number of amides is 2. The van der Waals surface area contributed by atoms with Crippen LogP contribution in [0.15, 0.2) is 35.2 Å². The molecular weight excluding hydrogens is 234 g/mol. The predicted octanol–water partition coefficient (Wildman–Crippen LogP) is 2.36. The zero-order valence-electron chi connectivity index (χ0n) is 8.92. The molecule has 2 rings (SSSR count). The second kappa shape index (κ2) is 4.89. The van der Waals surface area contributed by atoms with Crippen LogP contribution in [0.2, 0.25) is 0 Å². The Morgan fingerprint density at radius 1 is 1.29 bits per heavy atom. The Balaban J connectivity index is 2.26. The zero-order chi connectivity index (χ0) is 12.3. The molecule has 17 heavy (non-hydrogen) atoms. The molecule has 0 bridgehead atoms. The van der Waals surface area contributed by atoms with E-state index in [1.54, 1.807) is 6.08 Å². The van der Waals surface area contributed by atoms with Gasteiger partial charge in [0.2, 0.25) is 0 Å². The fourth-order valence-corrected chi connectivity index (χ4v) is 2.27. The minimum Gasteiger partial charge on any atom is -0.268 e. The summed E-state index contributed by atoms with van der Waals surface area (Å²) in [5.41, 5.74) is 0.888. The molecule has 0 spiro atoms. The van der Waals surface area contributed by atoms with Crippen LogP contribution in [0.1, 0.15) is 5.56 Å². The maximum absolute atomic E-state index is 11.8. The Morgan fingerprint density at radius 2 is 2.00 bits per heavy atom. The lowest BCUT2D eigenvalue weighted by Crippen LogP contribution is -2.28. The van der Waals surface area contributed by atoms with E-state index in [2.05, 4.69) is 5.92 Å². The van der Waals surface area contributed by atoms with Crippen molar-refractivity contribution in [2.45, 2.75) is 0 Å². The van der Waals surface area contributed by atoms with Crippen LogP contribution in [0.4, 0.5) is 4.79 Å². The predicted molar refractivity (Wildman–Crippen MR) is 68.0 cm³/mol. The summed E-state index contributed by atoms with van der Waals surface area (Å²) >= 11 is 0.920. The lowest BCUT2D eigenvalue weighted by molar-refractivity contribution is -0.122. The standard InChI is InChI=1S/C13H9NO2S/c1-2-8-14-12(15)11(17-13(14)16)9-10-6-4-3-5-7-10/h1,3-7,9H,8H2/b11-9-. The van der Waals surface area contributed by atoms with Crippen molar-refractivity contribution in [2.24, 2.45) is 0 Å². The van der Waals surface area contributed by atoms with Crippen LogP contribution in [-0.2, 0) is 4.79 Å². The summed E-state index contributed by atoms with van der Waals surface area (Å²) in [5.74, 6) is 1.98. The summed E-state index contributed by atoms with van der Waals surface area (Å²) in [6.45, 7) is 0.0246. The fraction of sp³-hybridized carbons (Fsp3) is 0.0769. The molecule has 1 aromatic rings. The van der Waals surface area contributed by atoms with Crippen LogP contribution in [0.5, 0.6) is 0 Å². The maximum Gasteiger partial charge on any atom is 0.294 e. The van der Waals surface area contributed by atoms with Crippen LogP contribution in [-0.4, -0.2) is 22.6 Å². The Bertz CT molecular complexity index is 528. The molecule has 84 valence electrons. The second-order valence-electron chi connectivity index (χ2n) is 3.38. The highest BCUT2D eigenvalue weighted by atomic mass is 32.2. The van der Waals surface area contributed by atoms with Gasteiger partial charge in [0.25, 0.3) is 11.1 Å². The van der Waals surface area contributed by atoms with E-state index in [0.717, 1.165) is 22.2 Å². The SMILES string of the molecule is C#CCN1C(=O)S/C(=C\c2ccccc2)C1=O. The normalized spacial score (nSPS) is 17.6. The van der Waals surface area contributed by atoms with Crippen molar-refractivity contribution in [2.75, 3.05) is 6.54 Å². The first kappa shape index (κ1) is 11.5. The number of terminal acetylenes is 1. The zero-order valence-corrected chi connectivity index (χ0v) is 9.74.